The van der Waals surface area contributed by atoms with Crippen molar-refractivity contribution < 1.29 is 9.47 Å². The molecule has 0 heterocycles. The highest BCUT2D eigenvalue weighted by Gasteiger charge is 2.25. The molecule has 1 aromatic rings. The van der Waals surface area contributed by atoms with Crippen molar-refractivity contribution in [3.05, 3.63) is 22.7 Å². The van der Waals surface area contributed by atoms with Crippen molar-refractivity contribution in [2.24, 2.45) is 5.92 Å². The van der Waals surface area contributed by atoms with Crippen LogP contribution in [0.15, 0.2) is 12.1 Å². The lowest BCUT2D eigenvalue weighted by Crippen LogP contribution is -2.08. The molecule has 0 N–H and O–H groups in total. The summed E-state index contributed by atoms with van der Waals surface area (Å²) in [6, 6.07) is 3.85. The summed E-state index contributed by atoms with van der Waals surface area (Å²) in [5.74, 6) is 2.07. The molecule has 2 nitrogen and oxygen atoms in total. The van der Waals surface area contributed by atoms with Gasteiger partial charge in [-0.2, -0.15) is 0 Å². The van der Waals surface area contributed by atoms with Crippen molar-refractivity contribution in [2.45, 2.75) is 43.4 Å². The van der Waals surface area contributed by atoms with E-state index in [0.717, 1.165) is 16.3 Å². The van der Waals surface area contributed by atoms with E-state index in [1.165, 1.54) is 38.5 Å². The van der Waals surface area contributed by atoms with Gasteiger partial charge in [-0.15, -0.1) is 0 Å². The molecule has 1 aliphatic carbocycles. The number of rotatable bonds is 4. The molecule has 4 heteroatoms. The zero-order valence-corrected chi connectivity index (χ0v) is 14.5. The Labute approximate surface area is 134 Å². The minimum atomic E-state index is 0.285. The normalized spacial score (nSPS) is 18.4. The monoisotopic (exact) mass is 360 g/mol. The number of halogens is 2. The van der Waals surface area contributed by atoms with Crippen LogP contribution in [0.2, 0.25) is 5.02 Å². The van der Waals surface area contributed by atoms with E-state index in [-0.39, 0.29) is 4.83 Å². The number of alkyl halides is 1. The number of hydrogen-bond donors (Lipinski definition) is 0. The minimum absolute atomic E-state index is 0.285. The summed E-state index contributed by atoms with van der Waals surface area (Å²) in [6.45, 7) is 0. The molecule has 0 spiro atoms. The zero-order valence-electron chi connectivity index (χ0n) is 12.1. The Balaban J connectivity index is 2.26. The molecule has 0 saturated heterocycles. The van der Waals surface area contributed by atoms with Gasteiger partial charge >= 0.3 is 0 Å². The van der Waals surface area contributed by atoms with Crippen LogP contribution in [0.5, 0.6) is 11.5 Å². The van der Waals surface area contributed by atoms with Gasteiger partial charge in [0, 0.05) is 15.9 Å². The molecule has 1 unspecified atom stereocenters. The molecule has 0 bridgehead atoms. The van der Waals surface area contributed by atoms with Crippen LogP contribution in [-0.4, -0.2) is 14.2 Å². The van der Waals surface area contributed by atoms with E-state index in [9.17, 15) is 0 Å². The Morgan fingerprint density at radius 1 is 1.05 bits per heavy atom. The summed E-state index contributed by atoms with van der Waals surface area (Å²) >= 11 is 10.3. The van der Waals surface area contributed by atoms with Gasteiger partial charge in [-0.25, -0.2) is 0 Å². The molecule has 0 aliphatic heterocycles. The maximum absolute atomic E-state index is 6.43. The molecule has 2 rings (SSSR count). The fraction of sp³-hybridized carbons (Fsp3) is 0.625. The van der Waals surface area contributed by atoms with Crippen LogP contribution in [0.25, 0.3) is 0 Å². The second-order valence-electron chi connectivity index (χ2n) is 5.38. The molecule has 1 atom stereocenters. The Morgan fingerprint density at radius 3 is 2.15 bits per heavy atom. The molecule has 1 aromatic carbocycles. The van der Waals surface area contributed by atoms with E-state index >= 15 is 0 Å². The third-order valence-corrected chi connectivity index (χ3v) is 5.68. The lowest BCUT2D eigenvalue weighted by atomic mass is 9.92. The van der Waals surface area contributed by atoms with Crippen molar-refractivity contribution in [3.8, 4) is 11.5 Å². The minimum Gasteiger partial charge on any atom is -0.493 e. The molecule has 20 heavy (non-hydrogen) atoms. The van der Waals surface area contributed by atoms with Crippen LogP contribution in [0.4, 0.5) is 0 Å². The Hall–Kier alpha value is -0.410. The third kappa shape index (κ3) is 3.62. The lowest BCUT2D eigenvalue weighted by molar-refractivity contribution is 0.354. The highest BCUT2D eigenvalue weighted by Crippen LogP contribution is 2.45. The van der Waals surface area contributed by atoms with Crippen molar-refractivity contribution in [1.29, 1.82) is 0 Å². The largest absolute Gasteiger partial charge is 0.493 e. The first-order valence-corrected chi connectivity index (χ1v) is 8.52. The smallest absolute Gasteiger partial charge is 0.162 e. The molecule has 1 fully saturated rings. The van der Waals surface area contributed by atoms with Crippen molar-refractivity contribution in [2.75, 3.05) is 14.2 Å². The third-order valence-electron chi connectivity index (χ3n) is 4.11. The number of methoxy groups -OCH3 is 2. The molecular weight excluding hydrogens is 340 g/mol. The van der Waals surface area contributed by atoms with E-state index in [4.69, 9.17) is 21.1 Å². The maximum Gasteiger partial charge on any atom is 0.162 e. The first-order chi connectivity index (χ1) is 9.67. The standard InChI is InChI=1S/C16H22BrClO2/c1-19-14-9-12(13(18)10-15(14)20-2)16(17)11-7-5-3-4-6-8-11/h9-11,16H,3-8H2,1-2H3. The molecule has 1 aliphatic rings. The van der Waals surface area contributed by atoms with Crippen LogP contribution in [0.1, 0.15) is 48.9 Å². The second kappa shape index (κ2) is 7.56. The molecule has 1 saturated carbocycles. The Bertz CT molecular complexity index is 442. The summed E-state index contributed by atoms with van der Waals surface area (Å²) in [6.07, 6.45) is 7.88. The molecule has 0 radical (unpaired) electrons. The quantitative estimate of drug-likeness (QED) is 0.501. The summed E-state index contributed by atoms with van der Waals surface area (Å²) in [7, 11) is 3.29. The highest BCUT2D eigenvalue weighted by molar-refractivity contribution is 9.09. The van der Waals surface area contributed by atoms with Crippen molar-refractivity contribution >= 4 is 27.5 Å². The summed E-state index contributed by atoms with van der Waals surface area (Å²) < 4.78 is 10.7. The van der Waals surface area contributed by atoms with Gasteiger partial charge in [-0.1, -0.05) is 53.2 Å². The SMILES string of the molecule is COc1cc(Cl)c(C(Br)C2CCCCCC2)cc1OC. The Morgan fingerprint density at radius 2 is 1.60 bits per heavy atom. The van der Waals surface area contributed by atoms with Crippen molar-refractivity contribution in [3.63, 3.8) is 0 Å². The summed E-state index contributed by atoms with van der Waals surface area (Å²) in [5, 5.41) is 0.744. The van der Waals surface area contributed by atoms with Gasteiger partial charge in [0.2, 0.25) is 0 Å². The van der Waals surface area contributed by atoms with Gasteiger partial charge in [0.1, 0.15) is 0 Å². The zero-order chi connectivity index (χ0) is 14.5. The van der Waals surface area contributed by atoms with Gasteiger partial charge < -0.3 is 9.47 Å². The molecule has 0 aromatic heterocycles. The number of benzene rings is 1. The van der Waals surface area contributed by atoms with Gasteiger partial charge in [0.15, 0.2) is 11.5 Å². The van der Waals surface area contributed by atoms with Crippen LogP contribution in [0, 0.1) is 5.92 Å². The van der Waals surface area contributed by atoms with Crippen LogP contribution in [-0.2, 0) is 0 Å². The molecule has 112 valence electrons. The summed E-state index contributed by atoms with van der Waals surface area (Å²) in [4.78, 5) is 0.285. The first-order valence-electron chi connectivity index (χ1n) is 7.23. The highest BCUT2D eigenvalue weighted by atomic mass is 79.9. The van der Waals surface area contributed by atoms with Gasteiger partial charge in [0.25, 0.3) is 0 Å². The first kappa shape index (κ1) is 16.0. The van der Waals surface area contributed by atoms with Crippen LogP contribution < -0.4 is 9.47 Å². The predicted molar refractivity (Wildman–Crippen MR) is 87.4 cm³/mol. The maximum atomic E-state index is 6.43. The predicted octanol–water partition coefficient (Wildman–Crippen LogP) is 5.76. The van der Waals surface area contributed by atoms with E-state index in [2.05, 4.69) is 15.9 Å². The number of hydrogen-bond acceptors (Lipinski definition) is 2. The van der Waals surface area contributed by atoms with Crippen LogP contribution in [0.3, 0.4) is 0 Å². The average Bonchev–Trinajstić information content (AvgIpc) is 2.75. The van der Waals surface area contributed by atoms with Crippen LogP contribution >= 0.6 is 27.5 Å². The van der Waals surface area contributed by atoms with Gasteiger partial charge in [-0.05, 0) is 30.4 Å². The van der Waals surface area contributed by atoms with E-state index in [1.807, 2.05) is 12.1 Å². The molecule has 0 amide bonds. The number of ether oxygens (including phenoxy) is 2. The average molecular weight is 362 g/mol. The Kier molecular flexibility index (Phi) is 6.03. The molecular formula is C16H22BrClO2. The lowest BCUT2D eigenvalue weighted by Gasteiger charge is -2.23. The van der Waals surface area contributed by atoms with Crippen molar-refractivity contribution in [1.82, 2.24) is 0 Å². The van der Waals surface area contributed by atoms with Gasteiger partial charge in [0.05, 0.1) is 14.2 Å². The van der Waals surface area contributed by atoms with Gasteiger partial charge in [-0.3, -0.25) is 0 Å². The summed E-state index contributed by atoms with van der Waals surface area (Å²) in [5.41, 5.74) is 1.11. The van der Waals surface area contributed by atoms with E-state index in [1.54, 1.807) is 14.2 Å². The van der Waals surface area contributed by atoms with E-state index < -0.39 is 0 Å². The topological polar surface area (TPSA) is 18.5 Å². The fourth-order valence-electron chi connectivity index (χ4n) is 2.94. The second-order valence-corrected chi connectivity index (χ2v) is 6.78. The van der Waals surface area contributed by atoms with E-state index in [0.29, 0.717) is 11.7 Å². The fourth-order valence-corrected chi connectivity index (χ4v) is 4.25.